The molecule has 1 nitrogen and oxygen atoms in total. The van der Waals surface area contributed by atoms with Crippen molar-refractivity contribution in [2.75, 3.05) is 6.54 Å². The monoisotopic (exact) mass is 221 g/mol. The molecule has 84 valence electrons. The number of hydrogen-bond acceptors (Lipinski definition) is 1. The first-order valence-electron chi connectivity index (χ1n) is 5.96. The summed E-state index contributed by atoms with van der Waals surface area (Å²) < 4.78 is 0. The Morgan fingerprint density at radius 3 is 2.76 bits per heavy atom. The topological polar surface area (TPSA) is 26.0 Å². The normalized spacial score (nSPS) is 21.1. The minimum absolute atomic E-state index is 0.367. The Hall–Kier alpha value is -1.86. The second kappa shape index (κ2) is 4.19. The first-order valence-corrected chi connectivity index (χ1v) is 5.96. The molecular weight excluding hydrogens is 206 g/mol. The third-order valence-corrected chi connectivity index (χ3v) is 3.39. The van der Waals surface area contributed by atoms with Crippen LogP contribution in [0.5, 0.6) is 0 Å². The predicted octanol–water partition coefficient (Wildman–Crippen LogP) is 3.17. The van der Waals surface area contributed by atoms with E-state index in [-0.39, 0.29) is 0 Å². The van der Waals surface area contributed by atoms with Crippen molar-refractivity contribution >= 4 is 11.6 Å². The van der Waals surface area contributed by atoms with Crippen LogP contribution in [0.2, 0.25) is 0 Å². The lowest BCUT2D eigenvalue weighted by molar-refractivity contribution is 0.997. The van der Waals surface area contributed by atoms with Crippen LogP contribution in [0.3, 0.4) is 0 Å². The fourth-order valence-corrected chi connectivity index (χ4v) is 2.54. The van der Waals surface area contributed by atoms with Gasteiger partial charge in [0.25, 0.3) is 0 Å². The standard InChI is InChI=1S/C16H15N/c17-11-16-14-7-3-1-5-12(14)9-10-13-6-2-4-8-15(13)16/h1-10,12H,11,17H2. The van der Waals surface area contributed by atoms with Crippen molar-refractivity contribution in [1.82, 2.24) is 0 Å². The molecule has 1 atom stereocenters. The first kappa shape index (κ1) is 10.3. The van der Waals surface area contributed by atoms with Crippen molar-refractivity contribution in [3.63, 3.8) is 0 Å². The molecule has 0 heterocycles. The van der Waals surface area contributed by atoms with Gasteiger partial charge in [-0.25, -0.2) is 0 Å². The predicted molar refractivity (Wildman–Crippen MR) is 73.2 cm³/mol. The molecule has 3 rings (SSSR count). The van der Waals surface area contributed by atoms with Gasteiger partial charge in [-0.15, -0.1) is 0 Å². The quantitative estimate of drug-likeness (QED) is 0.774. The number of nitrogens with two attached hydrogens (primary N) is 1. The minimum Gasteiger partial charge on any atom is -0.326 e. The zero-order valence-corrected chi connectivity index (χ0v) is 9.64. The number of fused-ring (bicyclic) bond motifs is 2. The van der Waals surface area contributed by atoms with E-state index < -0.39 is 0 Å². The van der Waals surface area contributed by atoms with Crippen LogP contribution in [-0.2, 0) is 0 Å². The molecule has 2 aliphatic rings. The van der Waals surface area contributed by atoms with Gasteiger partial charge in [-0.1, -0.05) is 60.7 Å². The van der Waals surface area contributed by atoms with Crippen LogP contribution in [0.1, 0.15) is 11.1 Å². The van der Waals surface area contributed by atoms with Gasteiger partial charge in [0.15, 0.2) is 0 Å². The summed E-state index contributed by atoms with van der Waals surface area (Å²) in [6.07, 6.45) is 13.0. The highest BCUT2D eigenvalue weighted by atomic mass is 14.5. The molecule has 1 aromatic rings. The zero-order valence-electron chi connectivity index (χ0n) is 9.64. The van der Waals surface area contributed by atoms with E-state index in [4.69, 9.17) is 5.73 Å². The third kappa shape index (κ3) is 1.69. The largest absolute Gasteiger partial charge is 0.326 e. The highest BCUT2D eigenvalue weighted by molar-refractivity contribution is 5.82. The zero-order chi connectivity index (χ0) is 11.7. The molecule has 1 unspecified atom stereocenters. The minimum atomic E-state index is 0.367. The van der Waals surface area contributed by atoms with Crippen LogP contribution < -0.4 is 5.73 Å². The molecule has 0 radical (unpaired) electrons. The molecule has 0 aliphatic heterocycles. The summed E-state index contributed by atoms with van der Waals surface area (Å²) >= 11 is 0. The summed E-state index contributed by atoms with van der Waals surface area (Å²) in [5.41, 5.74) is 11.1. The van der Waals surface area contributed by atoms with E-state index in [9.17, 15) is 0 Å². The van der Waals surface area contributed by atoms with Gasteiger partial charge in [0.05, 0.1) is 0 Å². The molecule has 0 saturated heterocycles. The van der Waals surface area contributed by atoms with Crippen molar-refractivity contribution in [3.8, 4) is 0 Å². The second-order valence-corrected chi connectivity index (χ2v) is 4.35. The number of benzene rings is 1. The van der Waals surface area contributed by atoms with Crippen LogP contribution in [0.25, 0.3) is 11.6 Å². The number of rotatable bonds is 1. The van der Waals surface area contributed by atoms with Crippen molar-refractivity contribution in [1.29, 1.82) is 0 Å². The molecule has 2 N–H and O–H groups in total. The van der Waals surface area contributed by atoms with Crippen LogP contribution >= 0.6 is 0 Å². The summed E-state index contributed by atoms with van der Waals surface area (Å²) in [6.45, 7) is 0.586. The number of allylic oxidation sites excluding steroid dienone is 6. The molecule has 2 aliphatic carbocycles. The first-order chi connectivity index (χ1) is 8.40. The average Bonchev–Trinajstić information content (AvgIpc) is 2.55. The van der Waals surface area contributed by atoms with E-state index in [1.807, 2.05) is 0 Å². The summed E-state index contributed by atoms with van der Waals surface area (Å²) in [5.74, 6) is 0.367. The molecule has 0 spiro atoms. The summed E-state index contributed by atoms with van der Waals surface area (Å²) in [5, 5.41) is 0. The Labute approximate surface area is 102 Å². The van der Waals surface area contributed by atoms with E-state index >= 15 is 0 Å². The summed E-state index contributed by atoms with van der Waals surface area (Å²) in [4.78, 5) is 0. The van der Waals surface area contributed by atoms with Gasteiger partial charge in [0.1, 0.15) is 0 Å². The highest BCUT2D eigenvalue weighted by Crippen LogP contribution is 2.34. The summed E-state index contributed by atoms with van der Waals surface area (Å²) in [6, 6.07) is 8.45. The molecule has 17 heavy (non-hydrogen) atoms. The van der Waals surface area contributed by atoms with Crippen LogP contribution in [-0.4, -0.2) is 6.54 Å². The SMILES string of the molecule is NCC1=C2C=CC=CC2C=Cc2ccccc21. The van der Waals surface area contributed by atoms with Gasteiger partial charge in [0.2, 0.25) is 0 Å². The lowest BCUT2D eigenvalue weighted by Crippen LogP contribution is -2.09. The van der Waals surface area contributed by atoms with Gasteiger partial charge >= 0.3 is 0 Å². The molecule has 0 fully saturated rings. The molecule has 0 bridgehead atoms. The second-order valence-electron chi connectivity index (χ2n) is 4.35. The maximum Gasteiger partial charge on any atom is 0.0208 e. The van der Waals surface area contributed by atoms with Gasteiger partial charge in [-0.05, 0) is 22.3 Å². The maximum absolute atomic E-state index is 5.95. The number of hydrogen-bond donors (Lipinski definition) is 1. The smallest absolute Gasteiger partial charge is 0.0208 e. The average molecular weight is 221 g/mol. The van der Waals surface area contributed by atoms with E-state index in [1.165, 1.54) is 22.3 Å². The Bertz CT molecular complexity index is 559. The maximum atomic E-state index is 5.95. The Kier molecular flexibility index (Phi) is 2.54. The van der Waals surface area contributed by atoms with Crippen LogP contribution in [0.15, 0.2) is 60.2 Å². The summed E-state index contributed by atoms with van der Waals surface area (Å²) in [7, 11) is 0. The van der Waals surface area contributed by atoms with Crippen molar-refractivity contribution in [3.05, 3.63) is 71.3 Å². The molecule has 1 heteroatoms. The Morgan fingerprint density at radius 2 is 1.88 bits per heavy atom. The molecule has 0 amide bonds. The fraction of sp³-hybridized carbons (Fsp3) is 0.125. The van der Waals surface area contributed by atoms with E-state index in [1.54, 1.807) is 0 Å². The fourth-order valence-electron chi connectivity index (χ4n) is 2.54. The van der Waals surface area contributed by atoms with Gasteiger partial charge in [0, 0.05) is 12.5 Å². The molecule has 0 saturated carbocycles. The third-order valence-electron chi connectivity index (χ3n) is 3.39. The Balaban J connectivity index is 2.27. The van der Waals surface area contributed by atoms with E-state index in [0.717, 1.165) is 0 Å². The van der Waals surface area contributed by atoms with E-state index in [0.29, 0.717) is 12.5 Å². The lowest BCUT2D eigenvalue weighted by atomic mass is 9.89. The van der Waals surface area contributed by atoms with Gasteiger partial charge in [-0.3, -0.25) is 0 Å². The Morgan fingerprint density at radius 1 is 1.00 bits per heavy atom. The molecule has 1 aromatic carbocycles. The van der Waals surface area contributed by atoms with Crippen LogP contribution in [0, 0.1) is 5.92 Å². The van der Waals surface area contributed by atoms with Gasteiger partial charge in [-0.2, -0.15) is 0 Å². The van der Waals surface area contributed by atoms with Crippen molar-refractivity contribution in [2.45, 2.75) is 0 Å². The van der Waals surface area contributed by atoms with Crippen molar-refractivity contribution < 1.29 is 0 Å². The van der Waals surface area contributed by atoms with Gasteiger partial charge < -0.3 is 5.73 Å². The van der Waals surface area contributed by atoms with E-state index in [2.05, 4.69) is 60.7 Å². The molecule has 0 aromatic heterocycles. The molecular formula is C16H15N. The lowest BCUT2D eigenvalue weighted by Gasteiger charge is -2.17. The van der Waals surface area contributed by atoms with Crippen molar-refractivity contribution in [2.24, 2.45) is 11.7 Å². The highest BCUT2D eigenvalue weighted by Gasteiger charge is 2.18. The van der Waals surface area contributed by atoms with Crippen LogP contribution in [0.4, 0.5) is 0 Å².